The Morgan fingerprint density at radius 2 is 1.86 bits per heavy atom. The standard InChI is InChI=1S/C18H17F6N3O2/c1-10-9-26(6-5-14(10)28)16(29)13-8-25-27(15(13)18(22,23)24)12-4-2-3-11(7-12)17(19,20)21/h2-4,7-8,10,14,28H,5-6,9H2,1H3/t10-,14-/m1/s1. The third-order valence-corrected chi connectivity index (χ3v) is 4.83. The van der Waals surface area contributed by atoms with Gasteiger partial charge in [-0.15, -0.1) is 0 Å². The van der Waals surface area contributed by atoms with Crippen molar-refractivity contribution in [2.45, 2.75) is 31.8 Å². The van der Waals surface area contributed by atoms with Gasteiger partial charge in [-0.3, -0.25) is 4.79 Å². The maximum atomic E-state index is 13.7. The Morgan fingerprint density at radius 1 is 1.17 bits per heavy atom. The number of aliphatic hydroxyl groups excluding tert-OH is 1. The average molecular weight is 421 g/mol. The van der Waals surface area contributed by atoms with Crippen molar-refractivity contribution in [1.29, 1.82) is 0 Å². The molecule has 1 aromatic carbocycles. The maximum absolute atomic E-state index is 13.7. The van der Waals surface area contributed by atoms with E-state index in [1.807, 2.05) is 0 Å². The predicted octanol–water partition coefficient (Wildman–Crippen LogP) is 3.75. The highest BCUT2D eigenvalue weighted by molar-refractivity contribution is 5.95. The molecule has 0 unspecified atom stereocenters. The van der Waals surface area contributed by atoms with E-state index < -0.39 is 46.9 Å². The van der Waals surface area contributed by atoms with E-state index in [2.05, 4.69) is 5.10 Å². The number of hydrogen-bond donors (Lipinski definition) is 1. The molecule has 158 valence electrons. The fourth-order valence-corrected chi connectivity index (χ4v) is 3.28. The molecule has 0 saturated carbocycles. The molecule has 1 saturated heterocycles. The van der Waals surface area contributed by atoms with Crippen LogP contribution in [-0.2, 0) is 12.4 Å². The molecule has 1 fully saturated rings. The molecular weight excluding hydrogens is 404 g/mol. The summed E-state index contributed by atoms with van der Waals surface area (Å²) in [5.41, 5.74) is -3.79. The second kappa shape index (κ2) is 7.36. The van der Waals surface area contributed by atoms with Crippen LogP contribution in [0.5, 0.6) is 0 Å². The summed E-state index contributed by atoms with van der Waals surface area (Å²) in [6.07, 6.45) is -9.51. The van der Waals surface area contributed by atoms with Crippen LogP contribution in [-0.4, -0.2) is 44.9 Å². The SMILES string of the molecule is C[C@@H]1CN(C(=O)c2cnn(-c3cccc(C(F)(F)F)c3)c2C(F)(F)F)CC[C@H]1O. The van der Waals surface area contributed by atoms with Crippen molar-refractivity contribution in [3.63, 3.8) is 0 Å². The number of benzene rings is 1. The van der Waals surface area contributed by atoms with Crippen LogP contribution >= 0.6 is 0 Å². The third kappa shape index (κ3) is 4.24. The number of aromatic nitrogens is 2. The van der Waals surface area contributed by atoms with E-state index in [1.165, 1.54) is 4.90 Å². The Balaban J connectivity index is 2.04. The molecule has 1 N–H and O–H groups in total. The number of amides is 1. The number of halogens is 6. The summed E-state index contributed by atoms with van der Waals surface area (Å²) in [5, 5.41) is 13.3. The Bertz CT molecular complexity index is 906. The molecule has 1 aliphatic heterocycles. The maximum Gasteiger partial charge on any atom is 0.434 e. The van der Waals surface area contributed by atoms with Gasteiger partial charge >= 0.3 is 12.4 Å². The zero-order chi connectivity index (χ0) is 21.6. The Hall–Kier alpha value is -2.56. The van der Waals surface area contributed by atoms with Crippen molar-refractivity contribution in [1.82, 2.24) is 14.7 Å². The number of nitrogens with zero attached hydrogens (tertiary/aromatic N) is 3. The monoisotopic (exact) mass is 421 g/mol. The first-order chi connectivity index (χ1) is 13.4. The zero-order valence-electron chi connectivity index (χ0n) is 15.1. The second-order valence-electron chi connectivity index (χ2n) is 6.95. The fourth-order valence-electron chi connectivity index (χ4n) is 3.28. The first-order valence-corrected chi connectivity index (χ1v) is 8.69. The molecule has 2 heterocycles. The van der Waals surface area contributed by atoms with E-state index in [1.54, 1.807) is 6.92 Å². The van der Waals surface area contributed by atoms with E-state index >= 15 is 0 Å². The summed E-state index contributed by atoms with van der Waals surface area (Å²) in [6.45, 7) is 1.79. The number of likely N-dealkylation sites (tertiary alicyclic amines) is 1. The molecule has 2 atom stereocenters. The highest BCUT2D eigenvalue weighted by atomic mass is 19.4. The van der Waals surface area contributed by atoms with Crippen molar-refractivity contribution < 1.29 is 36.2 Å². The normalized spacial score (nSPS) is 20.8. The molecule has 0 spiro atoms. The lowest BCUT2D eigenvalue weighted by Crippen LogP contribution is -2.45. The molecule has 3 rings (SSSR count). The molecule has 0 bridgehead atoms. The van der Waals surface area contributed by atoms with E-state index in [-0.39, 0.29) is 25.4 Å². The molecular formula is C18H17F6N3O2. The first-order valence-electron chi connectivity index (χ1n) is 8.69. The third-order valence-electron chi connectivity index (χ3n) is 4.83. The largest absolute Gasteiger partial charge is 0.434 e. The predicted molar refractivity (Wildman–Crippen MR) is 89.3 cm³/mol. The van der Waals surface area contributed by atoms with Gasteiger partial charge in [-0.2, -0.15) is 31.4 Å². The smallest absolute Gasteiger partial charge is 0.393 e. The summed E-state index contributed by atoms with van der Waals surface area (Å²) in [6, 6.07) is 3.28. The van der Waals surface area contributed by atoms with Crippen LogP contribution in [0, 0.1) is 5.92 Å². The number of alkyl halides is 6. The minimum absolute atomic E-state index is 0.0615. The van der Waals surface area contributed by atoms with Crippen molar-refractivity contribution in [3.05, 3.63) is 47.3 Å². The zero-order valence-corrected chi connectivity index (χ0v) is 15.1. The molecule has 29 heavy (non-hydrogen) atoms. The number of carbonyl (C=O) groups is 1. The van der Waals surface area contributed by atoms with E-state index in [4.69, 9.17) is 0 Å². The highest BCUT2D eigenvalue weighted by Crippen LogP contribution is 2.36. The Morgan fingerprint density at radius 3 is 2.45 bits per heavy atom. The van der Waals surface area contributed by atoms with Gasteiger partial charge < -0.3 is 10.0 Å². The first kappa shape index (κ1) is 21.2. The van der Waals surface area contributed by atoms with E-state index in [9.17, 15) is 36.2 Å². The van der Waals surface area contributed by atoms with Gasteiger partial charge in [0, 0.05) is 13.1 Å². The van der Waals surface area contributed by atoms with Crippen LogP contribution < -0.4 is 0 Å². The van der Waals surface area contributed by atoms with Crippen molar-refractivity contribution >= 4 is 5.91 Å². The van der Waals surface area contributed by atoms with E-state index in [0.29, 0.717) is 16.9 Å². The molecule has 1 amide bonds. The van der Waals surface area contributed by atoms with Crippen molar-refractivity contribution in [3.8, 4) is 5.69 Å². The topological polar surface area (TPSA) is 58.4 Å². The molecule has 2 aromatic rings. The quantitative estimate of drug-likeness (QED) is 0.752. The fraction of sp³-hybridized carbons (Fsp3) is 0.444. The number of carbonyl (C=O) groups excluding carboxylic acids is 1. The Labute approximate surface area is 161 Å². The summed E-state index contributed by atoms with van der Waals surface area (Å²) in [4.78, 5) is 13.9. The minimum atomic E-state index is -5.03. The van der Waals surface area contributed by atoms with Crippen LogP contribution in [0.2, 0.25) is 0 Å². The number of piperidine rings is 1. The van der Waals surface area contributed by atoms with Crippen LogP contribution in [0.1, 0.15) is 35.0 Å². The number of rotatable bonds is 2. The lowest BCUT2D eigenvalue weighted by molar-refractivity contribution is -0.143. The summed E-state index contributed by atoms with van der Waals surface area (Å²) in [5.74, 6) is -1.25. The van der Waals surface area contributed by atoms with Gasteiger partial charge in [0.15, 0.2) is 5.69 Å². The van der Waals surface area contributed by atoms with Crippen molar-refractivity contribution in [2.75, 3.05) is 13.1 Å². The molecule has 1 aromatic heterocycles. The second-order valence-corrected chi connectivity index (χ2v) is 6.95. The Kier molecular flexibility index (Phi) is 5.37. The molecule has 1 aliphatic rings. The summed E-state index contributed by atoms with van der Waals surface area (Å²) < 4.78 is 80.3. The lowest BCUT2D eigenvalue weighted by Gasteiger charge is -2.34. The van der Waals surface area contributed by atoms with Gasteiger partial charge in [-0.05, 0) is 30.5 Å². The van der Waals surface area contributed by atoms with Crippen LogP contribution in [0.3, 0.4) is 0 Å². The van der Waals surface area contributed by atoms with Crippen LogP contribution in [0.4, 0.5) is 26.3 Å². The van der Waals surface area contributed by atoms with Gasteiger partial charge in [0.25, 0.3) is 5.91 Å². The average Bonchev–Trinajstić information content (AvgIpc) is 3.08. The van der Waals surface area contributed by atoms with Gasteiger partial charge in [0.05, 0.1) is 29.1 Å². The molecule has 0 radical (unpaired) electrons. The van der Waals surface area contributed by atoms with Gasteiger partial charge in [0.1, 0.15) is 0 Å². The number of aliphatic hydroxyl groups is 1. The molecule has 0 aliphatic carbocycles. The highest BCUT2D eigenvalue weighted by Gasteiger charge is 2.42. The van der Waals surface area contributed by atoms with Crippen LogP contribution in [0.25, 0.3) is 5.69 Å². The van der Waals surface area contributed by atoms with E-state index in [0.717, 1.165) is 18.2 Å². The van der Waals surface area contributed by atoms with Crippen molar-refractivity contribution in [2.24, 2.45) is 5.92 Å². The van der Waals surface area contributed by atoms with Gasteiger partial charge in [-0.25, -0.2) is 4.68 Å². The summed E-state index contributed by atoms with van der Waals surface area (Å²) in [7, 11) is 0. The van der Waals surface area contributed by atoms with Crippen LogP contribution in [0.15, 0.2) is 30.5 Å². The molecule has 5 nitrogen and oxygen atoms in total. The van der Waals surface area contributed by atoms with Gasteiger partial charge in [-0.1, -0.05) is 13.0 Å². The molecule has 11 heteroatoms. The minimum Gasteiger partial charge on any atom is -0.393 e. The lowest BCUT2D eigenvalue weighted by atomic mass is 9.96. The number of hydrogen-bond acceptors (Lipinski definition) is 3. The summed E-state index contributed by atoms with van der Waals surface area (Å²) >= 11 is 0. The van der Waals surface area contributed by atoms with Gasteiger partial charge in [0.2, 0.25) is 0 Å².